The molecule has 0 spiro atoms. The van der Waals surface area contributed by atoms with E-state index in [1.165, 1.54) is 0 Å². The molecule has 1 aliphatic rings. The molecular formula is C19H16IN3O. The number of nitrogens with zero attached hydrogens (tertiary/aromatic N) is 1. The molecule has 3 aromatic rings. The summed E-state index contributed by atoms with van der Waals surface area (Å²) < 4.78 is 0.344. The number of para-hydroxylation sites is 1. The first-order valence-corrected chi connectivity index (χ1v) is 9.11. The fraction of sp³-hybridized carbons (Fsp3) is 0.158. The number of ketones is 1. The van der Waals surface area contributed by atoms with Gasteiger partial charge >= 0.3 is 0 Å². The van der Waals surface area contributed by atoms with E-state index in [-0.39, 0.29) is 5.78 Å². The Bertz CT molecular complexity index is 874. The molecular weight excluding hydrogens is 413 g/mol. The van der Waals surface area contributed by atoms with Gasteiger partial charge in [0.1, 0.15) is 0 Å². The lowest BCUT2D eigenvalue weighted by atomic mass is 9.95. The first kappa shape index (κ1) is 15.4. The molecule has 4 nitrogen and oxygen atoms in total. The zero-order valence-corrected chi connectivity index (χ0v) is 15.1. The van der Waals surface area contributed by atoms with Crippen LogP contribution in [0.1, 0.15) is 22.5 Å². The number of halogens is 1. The van der Waals surface area contributed by atoms with Crippen molar-refractivity contribution in [2.45, 2.75) is 16.8 Å². The highest BCUT2D eigenvalue weighted by atomic mass is 127. The van der Waals surface area contributed by atoms with Crippen molar-refractivity contribution in [1.82, 2.24) is 9.97 Å². The van der Waals surface area contributed by atoms with E-state index in [0.717, 1.165) is 40.3 Å². The summed E-state index contributed by atoms with van der Waals surface area (Å²) >= 11 is 2.36. The molecule has 0 fully saturated rings. The Labute approximate surface area is 153 Å². The van der Waals surface area contributed by atoms with E-state index in [4.69, 9.17) is 0 Å². The van der Waals surface area contributed by atoms with Crippen molar-refractivity contribution in [3.63, 3.8) is 0 Å². The lowest BCUT2D eigenvalue weighted by Crippen LogP contribution is -2.19. The fourth-order valence-corrected chi connectivity index (χ4v) is 3.98. The van der Waals surface area contributed by atoms with Gasteiger partial charge in [0, 0.05) is 46.1 Å². The number of carbonyl (C=O) groups excluding carboxylic acids is 1. The van der Waals surface area contributed by atoms with Crippen LogP contribution in [-0.4, -0.2) is 19.7 Å². The summed E-state index contributed by atoms with van der Waals surface area (Å²) in [4.78, 5) is 20.2. The quantitative estimate of drug-likeness (QED) is 0.467. The van der Waals surface area contributed by atoms with Gasteiger partial charge in [-0.3, -0.25) is 9.78 Å². The van der Waals surface area contributed by atoms with Gasteiger partial charge in [-0.2, -0.15) is 0 Å². The SMILES string of the molecule is O=C1C[C@@H](I)Cc2[nH]c(-c3ccncc3)c(Nc3ccccc3)c21. The maximum atomic E-state index is 12.7. The van der Waals surface area contributed by atoms with Gasteiger partial charge in [0.25, 0.3) is 0 Å². The molecule has 1 aliphatic carbocycles. The molecule has 120 valence electrons. The molecule has 1 atom stereocenters. The molecule has 4 rings (SSSR count). The number of nitrogens with one attached hydrogen (secondary N) is 2. The van der Waals surface area contributed by atoms with Gasteiger partial charge in [-0.15, -0.1) is 0 Å². The summed E-state index contributed by atoms with van der Waals surface area (Å²) in [5, 5.41) is 3.45. The minimum absolute atomic E-state index is 0.200. The highest BCUT2D eigenvalue weighted by Crippen LogP contribution is 2.39. The third kappa shape index (κ3) is 2.84. The van der Waals surface area contributed by atoms with E-state index in [2.05, 4.69) is 37.9 Å². The van der Waals surface area contributed by atoms with E-state index >= 15 is 0 Å². The second-order valence-electron chi connectivity index (χ2n) is 5.88. The summed E-state index contributed by atoms with van der Waals surface area (Å²) in [6, 6.07) is 13.9. The number of Topliss-reactive ketones (excluding diaryl/α,β-unsaturated/α-hetero) is 1. The van der Waals surface area contributed by atoms with Crippen LogP contribution in [0.15, 0.2) is 54.9 Å². The van der Waals surface area contributed by atoms with Crippen LogP contribution in [0.2, 0.25) is 0 Å². The largest absolute Gasteiger partial charge is 0.356 e. The Hall–Kier alpha value is -2.15. The van der Waals surface area contributed by atoms with Gasteiger partial charge in [0.05, 0.1) is 16.9 Å². The van der Waals surface area contributed by atoms with Crippen LogP contribution in [0, 0.1) is 0 Å². The van der Waals surface area contributed by atoms with E-state index in [1.807, 2.05) is 42.5 Å². The third-order valence-electron chi connectivity index (χ3n) is 4.20. The number of pyridine rings is 1. The zero-order chi connectivity index (χ0) is 16.5. The fourth-order valence-electron chi connectivity index (χ4n) is 3.14. The number of aromatic amines is 1. The van der Waals surface area contributed by atoms with Crippen LogP contribution >= 0.6 is 22.6 Å². The summed E-state index contributed by atoms with van der Waals surface area (Å²) in [6.45, 7) is 0. The van der Waals surface area contributed by atoms with Crippen LogP contribution in [0.25, 0.3) is 11.3 Å². The first-order chi connectivity index (χ1) is 11.7. The summed E-state index contributed by atoms with van der Waals surface area (Å²) in [5.41, 5.74) is 5.64. The van der Waals surface area contributed by atoms with E-state index in [9.17, 15) is 4.79 Å². The number of aromatic nitrogens is 2. The Balaban J connectivity index is 1.87. The van der Waals surface area contributed by atoms with Gasteiger partial charge in [-0.1, -0.05) is 40.8 Å². The number of benzene rings is 1. The standard InChI is InChI=1S/C19H16IN3O/c20-13-10-15-17(16(24)11-13)19(22-14-4-2-1-3-5-14)18(23-15)12-6-8-21-9-7-12/h1-9,13,22-23H,10-11H2/t13-/m0/s1. The van der Waals surface area contributed by atoms with Crippen molar-refractivity contribution < 1.29 is 4.79 Å². The van der Waals surface area contributed by atoms with Gasteiger partial charge in [-0.25, -0.2) is 0 Å². The van der Waals surface area contributed by atoms with Crippen molar-refractivity contribution in [2.75, 3.05) is 5.32 Å². The molecule has 2 aromatic heterocycles. The number of hydrogen-bond acceptors (Lipinski definition) is 3. The molecule has 0 radical (unpaired) electrons. The molecule has 0 unspecified atom stereocenters. The predicted molar refractivity (Wildman–Crippen MR) is 104 cm³/mol. The van der Waals surface area contributed by atoms with Gasteiger partial charge in [-0.05, 0) is 24.3 Å². The topological polar surface area (TPSA) is 57.8 Å². The van der Waals surface area contributed by atoms with Gasteiger partial charge in [0.2, 0.25) is 0 Å². The lowest BCUT2D eigenvalue weighted by Gasteiger charge is -2.17. The van der Waals surface area contributed by atoms with Gasteiger partial charge < -0.3 is 10.3 Å². The van der Waals surface area contributed by atoms with Crippen molar-refractivity contribution >= 4 is 39.7 Å². The average molecular weight is 429 g/mol. The summed E-state index contributed by atoms with van der Waals surface area (Å²) in [6.07, 6.45) is 5.01. The van der Waals surface area contributed by atoms with Crippen molar-refractivity contribution in [3.8, 4) is 11.3 Å². The normalized spacial score (nSPS) is 16.7. The van der Waals surface area contributed by atoms with Crippen molar-refractivity contribution in [1.29, 1.82) is 0 Å². The second-order valence-corrected chi connectivity index (χ2v) is 7.65. The Morgan fingerprint density at radius 3 is 2.58 bits per heavy atom. The molecule has 2 heterocycles. The summed E-state index contributed by atoms with van der Waals surface area (Å²) in [7, 11) is 0. The highest BCUT2D eigenvalue weighted by molar-refractivity contribution is 14.1. The molecule has 0 aliphatic heterocycles. The van der Waals surface area contributed by atoms with Gasteiger partial charge in [0.15, 0.2) is 5.78 Å². The smallest absolute Gasteiger partial charge is 0.167 e. The Kier molecular flexibility index (Phi) is 4.10. The maximum absolute atomic E-state index is 12.7. The van der Waals surface area contributed by atoms with Crippen LogP contribution in [0.5, 0.6) is 0 Å². The van der Waals surface area contributed by atoms with E-state index < -0.39 is 0 Å². The van der Waals surface area contributed by atoms with Crippen LogP contribution in [0.4, 0.5) is 11.4 Å². The Morgan fingerprint density at radius 1 is 1.08 bits per heavy atom. The minimum atomic E-state index is 0.200. The number of fused-ring (bicyclic) bond motifs is 1. The van der Waals surface area contributed by atoms with Crippen molar-refractivity contribution in [2.24, 2.45) is 0 Å². The molecule has 0 amide bonds. The predicted octanol–water partition coefficient (Wildman–Crippen LogP) is 4.75. The molecule has 5 heteroatoms. The molecule has 0 bridgehead atoms. The van der Waals surface area contributed by atoms with E-state index in [1.54, 1.807) is 12.4 Å². The molecule has 1 aromatic carbocycles. The highest BCUT2D eigenvalue weighted by Gasteiger charge is 2.30. The Morgan fingerprint density at radius 2 is 1.83 bits per heavy atom. The van der Waals surface area contributed by atoms with E-state index in [0.29, 0.717) is 10.3 Å². The molecule has 0 saturated heterocycles. The van der Waals surface area contributed by atoms with Crippen LogP contribution in [-0.2, 0) is 6.42 Å². The number of hydrogen-bond donors (Lipinski definition) is 2. The minimum Gasteiger partial charge on any atom is -0.356 e. The van der Waals surface area contributed by atoms with Crippen LogP contribution in [0.3, 0.4) is 0 Å². The number of alkyl halides is 1. The number of anilines is 2. The third-order valence-corrected chi connectivity index (χ3v) is 5.08. The number of rotatable bonds is 3. The lowest BCUT2D eigenvalue weighted by molar-refractivity contribution is 0.0977. The molecule has 2 N–H and O–H groups in total. The maximum Gasteiger partial charge on any atom is 0.167 e. The van der Waals surface area contributed by atoms with Crippen molar-refractivity contribution in [3.05, 3.63) is 66.1 Å². The van der Waals surface area contributed by atoms with Crippen LogP contribution < -0.4 is 5.32 Å². The molecule has 24 heavy (non-hydrogen) atoms. The second kappa shape index (κ2) is 6.39. The monoisotopic (exact) mass is 429 g/mol. The number of H-pyrrole nitrogens is 1. The molecule has 0 saturated carbocycles. The first-order valence-electron chi connectivity index (χ1n) is 7.87. The summed E-state index contributed by atoms with van der Waals surface area (Å²) in [5.74, 6) is 0.200. The zero-order valence-electron chi connectivity index (χ0n) is 12.9. The average Bonchev–Trinajstić information content (AvgIpc) is 2.95. The number of carbonyl (C=O) groups is 1.